The van der Waals surface area contributed by atoms with Crippen LogP contribution in [-0.4, -0.2) is 37.1 Å². The zero-order chi connectivity index (χ0) is 12.3. The largest absolute Gasteiger partial charge is 0.314 e. The molecule has 0 bridgehead atoms. The molecule has 17 heavy (non-hydrogen) atoms. The maximum Gasteiger partial charge on any atom is 0.00724 e. The van der Waals surface area contributed by atoms with Crippen molar-refractivity contribution >= 4 is 0 Å². The van der Waals surface area contributed by atoms with Crippen molar-refractivity contribution < 1.29 is 0 Å². The molecule has 1 saturated carbocycles. The molecule has 0 spiro atoms. The predicted octanol–water partition coefficient (Wildman–Crippen LogP) is 2.89. The maximum atomic E-state index is 3.82. The van der Waals surface area contributed by atoms with E-state index >= 15 is 0 Å². The summed E-state index contributed by atoms with van der Waals surface area (Å²) in [6, 6.07) is 0.800. The minimum atomic E-state index is 0.587. The standard InChI is InChI=1S/C15H30N2/c1-4-17-9-6-13(7-10-17)12-16-14-5-8-15(2,3)11-14/h13-14,16H,4-12H2,1-3H3. The van der Waals surface area contributed by atoms with E-state index in [9.17, 15) is 0 Å². The molecule has 0 amide bonds. The Hall–Kier alpha value is -0.0800. The Morgan fingerprint density at radius 2 is 1.88 bits per heavy atom. The second-order valence-electron chi connectivity index (χ2n) is 6.89. The highest BCUT2D eigenvalue weighted by Crippen LogP contribution is 2.37. The molecule has 1 aliphatic heterocycles. The van der Waals surface area contributed by atoms with Crippen LogP contribution in [-0.2, 0) is 0 Å². The van der Waals surface area contributed by atoms with Crippen molar-refractivity contribution in [3.05, 3.63) is 0 Å². The van der Waals surface area contributed by atoms with Gasteiger partial charge in [0.1, 0.15) is 0 Å². The minimum absolute atomic E-state index is 0.587. The highest BCUT2D eigenvalue weighted by atomic mass is 15.1. The van der Waals surface area contributed by atoms with Crippen molar-refractivity contribution in [1.82, 2.24) is 10.2 Å². The average Bonchev–Trinajstić information content (AvgIpc) is 2.67. The molecule has 0 aromatic rings. The Morgan fingerprint density at radius 1 is 1.18 bits per heavy atom. The van der Waals surface area contributed by atoms with Crippen LogP contribution >= 0.6 is 0 Å². The van der Waals surface area contributed by atoms with Crippen LogP contribution in [0.25, 0.3) is 0 Å². The fourth-order valence-electron chi connectivity index (χ4n) is 3.45. The number of hydrogen-bond donors (Lipinski definition) is 1. The Balaban J connectivity index is 1.63. The van der Waals surface area contributed by atoms with E-state index in [0.717, 1.165) is 12.0 Å². The third kappa shape index (κ3) is 3.96. The zero-order valence-electron chi connectivity index (χ0n) is 12.0. The molecule has 1 N–H and O–H groups in total. The maximum absolute atomic E-state index is 3.82. The molecular weight excluding hydrogens is 208 g/mol. The summed E-state index contributed by atoms with van der Waals surface area (Å²) >= 11 is 0. The Labute approximate surface area is 107 Å². The molecule has 2 rings (SSSR count). The van der Waals surface area contributed by atoms with Gasteiger partial charge < -0.3 is 10.2 Å². The van der Waals surface area contributed by atoms with E-state index in [0.29, 0.717) is 5.41 Å². The molecule has 1 aliphatic carbocycles. The van der Waals surface area contributed by atoms with Crippen LogP contribution in [0.1, 0.15) is 52.9 Å². The summed E-state index contributed by atoms with van der Waals surface area (Å²) in [5.74, 6) is 0.932. The van der Waals surface area contributed by atoms with E-state index in [-0.39, 0.29) is 0 Å². The van der Waals surface area contributed by atoms with E-state index in [1.807, 2.05) is 0 Å². The van der Waals surface area contributed by atoms with Gasteiger partial charge in [-0.2, -0.15) is 0 Å². The monoisotopic (exact) mass is 238 g/mol. The molecule has 0 aromatic carbocycles. The number of nitrogens with one attached hydrogen (secondary N) is 1. The number of hydrogen-bond acceptors (Lipinski definition) is 2. The average molecular weight is 238 g/mol. The lowest BCUT2D eigenvalue weighted by Gasteiger charge is -2.31. The first kappa shape index (κ1) is 13.4. The van der Waals surface area contributed by atoms with E-state index < -0.39 is 0 Å². The van der Waals surface area contributed by atoms with Gasteiger partial charge in [0.15, 0.2) is 0 Å². The van der Waals surface area contributed by atoms with E-state index in [1.54, 1.807) is 0 Å². The van der Waals surface area contributed by atoms with E-state index in [4.69, 9.17) is 0 Å². The number of nitrogens with zero attached hydrogens (tertiary/aromatic N) is 1. The second-order valence-corrected chi connectivity index (χ2v) is 6.89. The van der Waals surface area contributed by atoms with Crippen molar-refractivity contribution in [3.63, 3.8) is 0 Å². The van der Waals surface area contributed by atoms with Gasteiger partial charge in [-0.3, -0.25) is 0 Å². The highest BCUT2D eigenvalue weighted by molar-refractivity contribution is 4.87. The molecule has 100 valence electrons. The van der Waals surface area contributed by atoms with Crippen LogP contribution < -0.4 is 5.32 Å². The molecule has 2 heteroatoms. The van der Waals surface area contributed by atoms with Gasteiger partial charge >= 0.3 is 0 Å². The Bertz CT molecular complexity index is 229. The van der Waals surface area contributed by atoms with Crippen LogP contribution in [0.5, 0.6) is 0 Å². The fourth-order valence-corrected chi connectivity index (χ4v) is 3.45. The van der Waals surface area contributed by atoms with Crippen molar-refractivity contribution in [3.8, 4) is 0 Å². The number of piperidine rings is 1. The summed E-state index contributed by atoms with van der Waals surface area (Å²) in [6.45, 7) is 12.2. The minimum Gasteiger partial charge on any atom is -0.314 e. The normalized spacial score (nSPS) is 30.9. The van der Waals surface area contributed by atoms with Gasteiger partial charge in [-0.1, -0.05) is 20.8 Å². The van der Waals surface area contributed by atoms with Gasteiger partial charge in [-0.25, -0.2) is 0 Å². The molecule has 0 aromatic heterocycles. The lowest BCUT2D eigenvalue weighted by molar-refractivity contribution is 0.187. The molecule has 1 atom stereocenters. The summed E-state index contributed by atoms with van der Waals surface area (Å²) < 4.78 is 0. The number of rotatable bonds is 4. The van der Waals surface area contributed by atoms with Gasteiger partial charge in [0.05, 0.1) is 0 Å². The summed E-state index contributed by atoms with van der Waals surface area (Å²) in [4.78, 5) is 2.58. The third-order valence-electron chi connectivity index (χ3n) is 4.82. The van der Waals surface area contributed by atoms with Crippen molar-refractivity contribution in [1.29, 1.82) is 0 Å². The van der Waals surface area contributed by atoms with Crippen LogP contribution in [0, 0.1) is 11.3 Å². The van der Waals surface area contributed by atoms with Crippen LogP contribution in [0.3, 0.4) is 0 Å². The lowest BCUT2D eigenvalue weighted by Crippen LogP contribution is -2.39. The summed E-state index contributed by atoms with van der Waals surface area (Å²) in [5.41, 5.74) is 0.587. The smallest absolute Gasteiger partial charge is 0.00724 e. The molecule has 1 saturated heterocycles. The molecule has 1 heterocycles. The molecule has 2 aliphatic rings. The fraction of sp³-hybridized carbons (Fsp3) is 1.00. The molecular formula is C15H30N2. The quantitative estimate of drug-likeness (QED) is 0.810. The van der Waals surface area contributed by atoms with Gasteiger partial charge in [0.25, 0.3) is 0 Å². The molecule has 1 unspecified atom stereocenters. The van der Waals surface area contributed by atoms with Gasteiger partial charge in [0, 0.05) is 6.04 Å². The second kappa shape index (κ2) is 5.71. The first-order valence-corrected chi connectivity index (χ1v) is 7.55. The summed E-state index contributed by atoms with van der Waals surface area (Å²) in [5, 5.41) is 3.82. The van der Waals surface area contributed by atoms with E-state index in [2.05, 4.69) is 31.0 Å². The molecule has 2 fully saturated rings. The zero-order valence-corrected chi connectivity index (χ0v) is 12.0. The third-order valence-corrected chi connectivity index (χ3v) is 4.82. The van der Waals surface area contributed by atoms with Crippen LogP contribution in [0.4, 0.5) is 0 Å². The van der Waals surface area contributed by atoms with Crippen molar-refractivity contribution in [2.45, 2.75) is 58.9 Å². The topological polar surface area (TPSA) is 15.3 Å². The first-order chi connectivity index (χ1) is 8.09. The van der Waals surface area contributed by atoms with Crippen LogP contribution in [0.15, 0.2) is 0 Å². The van der Waals surface area contributed by atoms with Gasteiger partial charge in [-0.15, -0.1) is 0 Å². The Kier molecular flexibility index (Phi) is 4.48. The van der Waals surface area contributed by atoms with Crippen LogP contribution in [0.2, 0.25) is 0 Å². The lowest BCUT2D eigenvalue weighted by atomic mass is 9.91. The SMILES string of the molecule is CCN1CCC(CNC2CCC(C)(C)C2)CC1. The number of likely N-dealkylation sites (tertiary alicyclic amines) is 1. The Morgan fingerprint density at radius 3 is 2.41 bits per heavy atom. The molecule has 2 nitrogen and oxygen atoms in total. The predicted molar refractivity (Wildman–Crippen MR) is 74.3 cm³/mol. The summed E-state index contributed by atoms with van der Waals surface area (Å²) in [6.07, 6.45) is 6.97. The molecule has 0 radical (unpaired) electrons. The van der Waals surface area contributed by atoms with Crippen molar-refractivity contribution in [2.75, 3.05) is 26.2 Å². The van der Waals surface area contributed by atoms with E-state index in [1.165, 1.54) is 58.3 Å². The highest BCUT2D eigenvalue weighted by Gasteiger charge is 2.31. The summed E-state index contributed by atoms with van der Waals surface area (Å²) in [7, 11) is 0. The van der Waals surface area contributed by atoms with Gasteiger partial charge in [0.2, 0.25) is 0 Å². The van der Waals surface area contributed by atoms with Gasteiger partial charge in [-0.05, 0) is 69.6 Å². The van der Waals surface area contributed by atoms with Crippen molar-refractivity contribution in [2.24, 2.45) is 11.3 Å². The first-order valence-electron chi connectivity index (χ1n) is 7.55.